The first-order valence-corrected chi connectivity index (χ1v) is 4.29. The van der Waals surface area contributed by atoms with Gasteiger partial charge in [-0.2, -0.15) is 0 Å². The molecule has 2 aromatic heterocycles. The van der Waals surface area contributed by atoms with E-state index in [9.17, 15) is 0 Å². The van der Waals surface area contributed by atoms with Gasteiger partial charge in [0.1, 0.15) is 5.69 Å². The number of halogens is 1. The average Bonchev–Trinajstić information content (AvgIpc) is 2.58. The second kappa shape index (κ2) is 2.76. The van der Waals surface area contributed by atoms with Crippen molar-refractivity contribution < 1.29 is 4.52 Å². The van der Waals surface area contributed by atoms with E-state index in [-0.39, 0.29) is 5.88 Å². The zero-order chi connectivity index (χ0) is 8.55. The van der Waals surface area contributed by atoms with Crippen LogP contribution in [0.3, 0.4) is 0 Å². The molecule has 0 radical (unpaired) electrons. The number of hydrogen-bond acceptors (Lipinski definition) is 5. The van der Waals surface area contributed by atoms with Gasteiger partial charge in [0.2, 0.25) is 5.88 Å². The monoisotopic (exact) mass is 201 g/mol. The van der Waals surface area contributed by atoms with Gasteiger partial charge in [0.15, 0.2) is 4.47 Å². The molecule has 0 fully saturated rings. The molecular formula is C6H4ClN3OS. The van der Waals surface area contributed by atoms with Crippen molar-refractivity contribution in [3.8, 4) is 10.6 Å². The molecule has 0 aliphatic rings. The Balaban J connectivity index is 2.43. The van der Waals surface area contributed by atoms with Crippen LogP contribution in [0.2, 0.25) is 4.47 Å². The van der Waals surface area contributed by atoms with Crippen LogP contribution >= 0.6 is 22.9 Å². The maximum Gasteiger partial charge on any atom is 0.222 e. The van der Waals surface area contributed by atoms with E-state index in [4.69, 9.17) is 21.9 Å². The summed E-state index contributed by atoms with van der Waals surface area (Å²) >= 11 is 6.97. The fourth-order valence-corrected chi connectivity index (χ4v) is 1.67. The molecule has 2 N–H and O–H groups in total. The van der Waals surface area contributed by atoms with Gasteiger partial charge in [-0.05, 0) is 0 Å². The SMILES string of the molecule is Nc1cc(-c2cnc(Cl)s2)no1. The van der Waals surface area contributed by atoms with Gasteiger partial charge in [-0.1, -0.05) is 16.8 Å². The smallest absolute Gasteiger partial charge is 0.222 e. The first-order valence-electron chi connectivity index (χ1n) is 3.09. The Bertz CT molecular complexity index is 359. The van der Waals surface area contributed by atoms with Crippen molar-refractivity contribution in [1.29, 1.82) is 0 Å². The van der Waals surface area contributed by atoms with Crippen LogP contribution in [-0.4, -0.2) is 10.1 Å². The number of aromatic nitrogens is 2. The van der Waals surface area contributed by atoms with Crippen LogP contribution in [0.15, 0.2) is 16.8 Å². The van der Waals surface area contributed by atoms with Crippen LogP contribution in [0.5, 0.6) is 0 Å². The average molecular weight is 202 g/mol. The van der Waals surface area contributed by atoms with Crippen LogP contribution in [-0.2, 0) is 0 Å². The Morgan fingerprint density at radius 2 is 2.42 bits per heavy atom. The third kappa shape index (κ3) is 1.28. The molecule has 0 aliphatic carbocycles. The highest BCUT2D eigenvalue weighted by Gasteiger charge is 2.07. The number of nitrogens with two attached hydrogens (primary N) is 1. The van der Waals surface area contributed by atoms with E-state index in [1.807, 2.05) is 0 Å². The summed E-state index contributed by atoms with van der Waals surface area (Å²) in [6, 6.07) is 1.63. The predicted molar refractivity (Wildman–Crippen MR) is 47.0 cm³/mol. The summed E-state index contributed by atoms with van der Waals surface area (Å²) in [5, 5.41) is 3.71. The number of thiazole rings is 1. The van der Waals surface area contributed by atoms with Crippen molar-refractivity contribution in [2.75, 3.05) is 5.73 Å². The third-order valence-corrected chi connectivity index (χ3v) is 2.40. The first-order chi connectivity index (χ1) is 5.75. The van der Waals surface area contributed by atoms with E-state index in [0.29, 0.717) is 10.2 Å². The molecule has 0 spiro atoms. The normalized spacial score (nSPS) is 10.4. The lowest BCUT2D eigenvalue weighted by Gasteiger charge is -1.80. The molecule has 62 valence electrons. The Morgan fingerprint density at radius 1 is 1.58 bits per heavy atom. The molecule has 0 aliphatic heterocycles. The molecule has 0 bridgehead atoms. The van der Waals surface area contributed by atoms with Gasteiger partial charge in [0.25, 0.3) is 0 Å². The Labute approximate surface area is 77.0 Å². The molecule has 2 rings (SSSR count). The lowest BCUT2D eigenvalue weighted by atomic mass is 10.4. The van der Waals surface area contributed by atoms with Gasteiger partial charge >= 0.3 is 0 Å². The van der Waals surface area contributed by atoms with Gasteiger partial charge in [-0.25, -0.2) is 4.98 Å². The molecule has 0 saturated carbocycles. The van der Waals surface area contributed by atoms with Crippen molar-refractivity contribution in [2.24, 2.45) is 0 Å². The summed E-state index contributed by atoms with van der Waals surface area (Å²) in [6.45, 7) is 0. The molecule has 2 heterocycles. The summed E-state index contributed by atoms with van der Waals surface area (Å²) in [4.78, 5) is 4.71. The maximum absolute atomic E-state index is 5.63. The number of nitrogen functional groups attached to an aromatic ring is 1. The van der Waals surface area contributed by atoms with Crippen molar-refractivity contribution in [1.82, 2.24) is 10.1 Å². The minimum absolute atomic E-state index is 0.287. The van der Waals surface area contributed by atoms with Crippen LogP contribution < -0.4 is 5.73 Å². The van der Waals surface area contributed by atoms with Crippen LogP contribution in [0.4, 0.5) is 5.88 Å². The molecule has 0 aromatic carbocycles. The molecule has 0 amide bonds. The van der Waals surface area contributed by atoms with Crippen molar-refractivity contribution in [3.05, 3.63) is 16.7 Å². The van der Waals surface area contributed by atoms with Gasteiger partial charge in [-0.3, -0.25) is 0 Å². The van der Waals surface area contributed by atoms with Gasteiger partial charge < -0.3 is 10.3 Å². The van der Waals surface area contributed by atoms with Gasteiger partial charge in [0.05, 0.1) is 4.88 Å². The van der Waals surface area contributed by atoms with Crippen molar-refractivity contribution >= 4 is 28.8 Å². The molecule has 0 atom stereocenters. The number of anilines is 1. The Kier molecular flexibility index (Phi) is 1.74. The van der Waals surface area contributed by atoms with E-state index >= 15 is 0 Å². The zero-order valence-electron chi connectivity index (χ0n) is 5.82. The Morgan fingerprint density at radius 3 is 2.92 bits per heavy atom. The predicted octanol–water partition coefficient (Wildman–Crippen LogP) is 2.03. The van der Waals surface area contributed by atoms with E-state index in [1.165, 1.54) is 11.3 Å². The minimum atomic E-state index is 0.287. The number of rotatable bonds is 1. The molecule has 12 heavy (non-hydrogen) atoms. The lowest BCUT2D eigenvalue weighted by molar-refractivity contribution is 0.439. The second-order valence-electron chi connectivity index (χ2n) is 2.09. The molecule has 0 saturated heterocycles. The highest BCUT2D eigenvalue weighted by atomic mass is 35.5. The topological polar surface area (TPSA) is 64.9 Å². The maximum atomic E-state index is 5.63. The third-order valence-electron chi connectivity index (χ3n) is 1.26. The quantitative estimate of drug-likeness (QED) is 0.767. The van der Waals surface area contributed by atoms with Crippen LogP contribution in [0.25, 0.3) is 10.6 Å². The second-order valence-corrected chi connectivity index (χ2v) is 3.70. The van der Waals surface area contributed by atoms with Gasteiger partial charge in [0, 0.05) is 12.3 Å². The minimum Gasteiger partial charge on any atom is -0.368 e. The summed E-state index contributed by atoms with van der Waals surface area (Å²) in [6.07, 6.45) is 1.63. The number of nitrogens with zero attached hydrogens (tertiary/aromatic N) is 2. The molecular weight excluding hydrogens is 198 g/mol. The fraction of sp³-hybridized carbons (Fsp3) is 0. The number of hydrogen-bond donors (Lipinski definition) is 1. The van der Waals surface area contributed by atoms with Gasteiger partial charge in [-0.15, -0.1) is 11.3 Å². The molecule has 6 heteroatoms. The summed E-state index contributed by atoms with van der Waals surface area (Å²) in [5.41, 5.74) is 6.01. The van der Waals surface area contributed by atoms with Crippen molar-refractivity contribution in [3.63, 3.8) is 0 Å². The van der Waals surface area contributed by atoms with E-state index < -0.39 is 0 Å². The summed E-state index contributed by atoms with van der Waals surface area (Å²) in [7, 11) is 0. The summed E-state index contributed by atoms with van der Waals surface area (Å²) in [5.74, 6) is 0.287. The van der Waals surface area contributed by atoms with Crippen LogP contribution in [0, 0.1) is 0 Å². The first kappa shape index (κ1) is 7.57. The molecule has 0 unspecified atom stereocenters. The summed E-state index contributed by atoms with van der Waals surface area (Å²) < 4.78 is 5.17. The highest BCUT2D eigenvalue weighted by Crippen LogP contribution is 2.28. The Hall–Kier alpha value is -1.07. The zero-order valence-corrected chi connectivity index (χ0v) is 7.39. The van der Waals surface area contributed by atoms with Crippen molar-refractivity contribution in [2.45, 2.75) is 0 Å². The van der Waals surface area contributed by atoms with E-state index in [1.54, 1.807) is 12.3 Å². The van der Waals surface area contributed by atoms with E-state index in [2.05, 4.69) is 10.1 Å². The molecule has 2 aromatic rings. The molecule has 4 nitrogen and oxygen atoms in total. The largest absolute Gasteiger partial charge is 0.368 e. The van der Waals surface area contributed by atoms with E-state index in [0.717, 1.165) is 4.88 Å². The lowest BCUT2D eigenvalue weighted by Crippen LogP contribution is -1.75. The fourth-order valence-electron chi connectivity index (χ4n) is 0.777. The standard InChI is InChI=1S/C6H4ClN3OS/c7-6-9-2-4(12-6)3-1-5(8)11-10-3/h1-2H,8H2. The van der Waals surface area contributed by atoms with Crippen LogP contribution in [0.1, 0.15) is 0 Å². The highest BCUT2D eigenvalue weighted by molar-refractivity contribution is 7.18.